The first kappa shape index (κ1) is 12.5. The number of nitrogens with zero attached hydrogens (tertiary/aromatic N) is 2. The van der Waals surface area contributed by atoms with Gasteiger partial charge in [-0.15, -0.1) is 0 Å². The molecule has 1 atom stereocenters. The highest BCUT2D eigenvalue weighted by molar-refractivity contribution is 5.52. The van der Waals surface area contributed by atoms with E-state index in [1.165, 1.54) is 0 Å². The maximum absolute atomic E-state index is 9.68. The van der Waals surface area contributed by atoms with Crippen molar-refractivity contribution < 1.29 is 5.11 Å². The van der Waals surface area contributed by atoms with Gasteiger partial charge in [0.2, 0.25) is 0 Å². The summed E-state index contributed by atoms with van der Waals surface area (Å²) in [6.07, 6.45) is 1.26. The molecule has 2 N–H and O–H groups in total. The SMILES string of the molecule is Cc1nccc(CNc2ccccc2C(C)O)n1. The van der Waals surface area contributed by atoms with Crippen molar-refractivity contribution in [3.8, 4) is 0 Å². The van der Waals surface area contributed by atoms with Gasteiger partial charge in [-0.2, -0.15) is 0 Å². The van der Waals surface area contributed by atoms with Gasteiger partial charge in [0, 0.05) is 17.4 Å². The molecule has 1 unspecified atom stereocenters. The average molecular weight is 243 g/mol. The van der Waals surface area contributed by atoms with E-state index in [1.807, 2.05) is 37.3 Å². The molecule has 0 bridgehead atoms. The summed E-state index contributed by atoms with van der Waals surface area (Å²) < 4.78 is 0. The zero-order valence-electron chi connectivity index (χ0n) is 10.6. The van der Waals surface area contributed by atoms with Crippen LogP contribution in [0.1, 0.15) is 30.1 Å². The standard InChI is InChI=1S/C14H17N3O/c1-10(18)13-5-3-4-6-14(13)16-9-12-7-8-15-11(2)17-12/h3-8,10,16,18H,9H2,1-2H3. The minimum Gasteiger partial charge on any atom is -0.389 e. The predicted octanol–water partition coefficient (Wildman–Crippen LogP) is 2.45. The largest absolute Gasteiger partial charge is 0.389 e. The van der Waals surface area contributed by atoms with Crippen LogP contribution in [0.3, 0.4) is 0 Å². The summed E-state index contributed by atoms with van der Waals surface area (Å²) >= 11 is 0. The Morgan fingerprint density at radius 3 is 2.78 bits per heavy atom. The number of aliphatic hydroxyl groups excluding tert-OH is 1. The molecule has 0 spiro atoms. The van der Waals surface area contributed by atoms with Crippen LogP contribution in [0.5, 0.6) is 0 Å². The van der Waals surface area contributed by atoms with Crippen molar-refractivity contribution in [3.05, 3.63) is 53.6 Å². The van der Waals surface area contributed by atoms with Gasteiger partial charge in [-0.1, -0.05) is 18.2 Å². The Balaban J connectivity index is 2.11. The molecule has 1 aromatic heterocycles. The van der Waals surface area contributed by atoms with Crippen LogP contribution >= 0.6 is 0 Å². The number of nitrogens with one attached hydrogen (secondary N) is 1. The fourth-order valence-corrected chi connectivity index (χ4v) is 1.81. The second-order valence-electron chi connectivity index (χ2n) is 4.21. The van der Waals surface area contributed by atoms with Crippen molar-refractivity contribution in [2.24, 2.45) is 0 Å². The lowest BCUT2D eigenvalue weighted by Crippen LogP contribution is -2.06. The van der Waals surface area contributed by atoms with E-state index in [1.54, 1.807) is 13.1 Å². The van der Waals surface area contributed by atoms with Gasteiger partial charge >= 0.3 is 0 Å². The van der Waals surface area contributed by atoms with Crippen LogP contribution in [-0.4, -0.2) is 15.1 Å². The highest BCUT2D eigenvalue weighted by atomic mass is 16.3. The molecule has 0 aliphatic heterocycles. The minimum atomic E-state index is -0.485. The van der Waals surface area contributed by atoms with Crippen molar-refractivity contribution in [1.82, 2.24) is 9.97 Å². The molecule has 1 aromatic carbocycles. The Morgan fingerprint density at radius 1 is 1.28 bits per heavy atom. The van der Waals surface area contributed by atoms with Crippen molar-refractivity contribution in [1.29, 1.82) is 0 Å². The molecular weight excluding hydrogens is 226 g/mol. The lowest BCUT2D eigenvalue weighted by molar-refractivity contribution is 0.200. The maximum atomic E-state index is 9.68. The Kier molecular flexibility index (Phi) is 3.89. The van der Waals surface area contributed by atoms with Gasteiger partial charge in [0.15, 0.2) is 0 Å². The van der Waals surface area contributed by atoms with Crippen LogP contribution in [0.4, 0.5) is 5.69 Å². The second-order valence-corrected chi connectivity index (χ2v) is 4.21. The summed E-state index contributed by atoms with van der Waals surface area (Å²) in [7, 11) is 0. The normalized spacial score (nSPS) is 12.2. The van der Waals surface area contributed by atoms with Crippen molar-refractivity contribution >= 4 is 5.69 Å². The lowest BCUT2D eigenvalue weighted by atomic mass is 10.1. The maximum Gasteiger partial charge on any atom is 0.125 e. The summed E-state index contributed by atoms with van der Waals surface area (Å²) in [6.45, 7) is 4.25. The quantitative estimate of drug-likeness (QED) is 0.866. The van der Waals surface area contributed by atoms with E-state index in [0.29, 0.717) is 6.54 Å². The third kappa shape index (κ3) is 3.05. The summed E-state index contributed by atoms with van der Waals surface area (Å²) in [4.78, 5) is 8.39. The van der Waals surface area contributed by atoms with Gasteiger partial charge in [0.05, 0.1) is 18.3 Å². The van der Waals surface area contributed by atoms with E-state index in [2.05, 4.69) is 15.3 Å². The van der Waals surface area contributed by atoms with Crippen LogP contribution < -0.4 is 5.32 Å². The molecule has 0 amide bonds. The van der Waals surface area contributed by atoms with Crippen LogP contribution in [0, 0.1) is 6.92 Å². The molecule has 18 heavy (non-hydrogen) atoms. The molecule has 0 aliphatic carbocycles. The monoisotopic (exact) mass is 243 g/mol. The van der Waals surface area contributed by atoms with E-state index in [-0.39, 0.29) is 0 Å². The third-order valence-corrected chi connectivity index (χ3v) is 2.70. The Hall–Kier alpha value is -1.94. The van der Waals surface area contributed by atoms with Crippen molar-refractivity contribution in [3.63, 3.8) is 0 Å². The van der Waals surface area contributed by atoms with Gasteiger partial charge in [-0.3, -0.25) is 0 Å². The molecule has 0 aliphatic rings. The van der Waals surface area contributed by atoms with Gasteiger partial charge < -0.3 is 10.4 Å². The number of benzene rings is 1. The van der Waals surface area contributed by atoms with Gasteiger partial charge in [-0.05, 0) is 26.0 Å². The average Bonchev–Trinajstić information content (AvgIpc) is 2.37. The summed E-state index contributed by atoms with van der Waals surface area (Å²) in [5.74, 6) is 0.762. The van der Waals surface area contributed by atoms with E-state index in [0.717, 1.165) is 22.8 Å². The fourth-order valence-electron chi connectivity index (χ4n) is 1.81. The molecule has 0 saturated carbocycles. The molecule has 2 aromatic rings. The lowest BCUT2D eigenvalue weighted by Gasteiger charge is -2.13. The molecule has 0 fully saturated rings. The zero-order chi connectivity index (χ0) is 13.0. The predicted molar refractivity (Wildman–Crippen MR) is 71.2 cm³/mol. The van der Waals surface area contributed by atoms with Crippen LogP contribution in [0.25, 0.3) is 0 Å². The van der Waals surface area contributed by atoms with Crippen LogP contribution in [0.15, 0.2) is 36.5 Å². The van der Waals surface area contributed by atoms with Gasteiger partial charge in [0.25, 0.3) is 0 Å². The van der Waals surface area contributed by atoms with Crippen molar-refractivity contribution in [2.75, 3.05) is 5.32 Å². The number of para-hydroxylation sites is 1. The highest BCUT2D eigenvalue weighted by Crippen LogP contribution is 2.22. The van der Waals surface area contributed by atoms with Crippen molar-refractivity contribution in [2.45, 2.75) is 26.5 Å². The number of hydrogen-bond acceptors (Lipinski definition) is 4. The van der Waals surface area contributed by atoms with Crippen LogP contribution in [0.2, 0.25) is 0 Å². The van der Waals surface area contributed by atoms with Gasteiger partial charge in [-0.25, -0.2) is 9.97 Å². The smallest absolute Gasteiger partial charge is 0.125 e. The number of aliphatic hydroxyl groups is 1. The molecule has 0 saturated heterocycles. The number of rotatable bonds is 4. The number of anilines is 1. The summed E-state index contributed by atoms with van der Waals surface area (Å²) in [6, 6.07) is 9.61. The summed E-state index contributed by atoms with van der Waals surface area (Å²) in [5, 5.41) is 13.0. The third-order valence-electron chi connectivity index (χ3n) is 2.70. The summed E-state index contributed by atoms with van der Waals surface area (Å²) in [5.41, 5.74) is 2.76. The van der Waals surface area contributed by atoms with E-state index < -0.39 is 6.10 Å². The first-order valence-corrected chi connectivity index (χ1v) is 5.96. The zero-order valence-corrected chi connectivity index (χ0v) is 10.6. The van der Waals surface area contributed by atoms with Crippen LogP contribution in [-0.2, 0) is 6.54 Å². The molecule has 94 valence electrons. The second kappa shape index (κ2) is 5.60. The first-order valence-electron chi connectivity index (χ1n) is 5.96. The highest BCUT2D eigenvalue weighted by Gasteiger charge is 2.06. The van der Waals surface area contributed by atoms with Gasteiger partial charge in [0.1, 0.15) is 5.82 Å². The minimum absolute atomic E-state index is 0.485. The Labute approximate surface area is 107 Å². The Bertz CT molecular complexity index is 526. The molecular formula is C14H17N3O. The molecule has 4 heteroatoms. The number of hydrogen-bond donors (Lipinski definition) is 2. The van der Waals surface area contributed by atoms with E-state index >= 15 is 0 Å². The number of aryl methyl sites for hydroxylation is 1. The fraction of sp³-hybridized carbons (Fsp3) is 0.286. The first-order chi connectivity index (χ1) is 8.66. The van der Waals surface area contributed by atoms with E-state index in [4.69, 9.17) is 0 Å². The molecule has 4 nitrogen and oxygen atoms in total. The molecule has 1 heterocycles. The Morgan fingerprint density at radius 2 is 2.06 bits per heavy atom. The number of aromatic nitrogens is 2. The molecule has 0 radical (unpaired) electrons. The molecule has 2 rings (SSSR count). The topological polar surface area (TPSA) is 58.0 Å². The van der Waals surface area contributed by atoms with E-state index in [9.17, 15) is 5.11 Å².